The Morgan fingerprint density at radius 3 is 2.61 bits per heavy atom. The van der Waals surface area contributed by atoms with Crippen molar-refractivity contribution in [1.29, 1.82) is 0 Å². The number of thiazole rings is 1. The van der Waals surface area contributed by atoms with Gasteiger partial charge in [-0.3, -0.25) is 4.98 Å². The Kier molecular flexibility index (Phi) is 4.05. The van der Waals surface area contributed by atoms with E-state index in [9.17, 15) is 0 Å². The molecular weight excluding hydrogens is 240 g/mol. The topological polar surface area (TPSA) is 25.8 Å². The fraction of sp³-hybridized carbons (Fsp3) is 0.200. The molecule has 0 spiro atoms. The fourth-order valence-electron chi connectivity index (χ4n) is 1.71. The number of aryl methyl sites for hydroxylation is 1. The summed E-state index contributed by atoms with van der Waals surface area (Å²) in [5.74, 6) is 0. The smallest absolute Gasteiger partial charge is 0.126 e. The van der Waals surface area contributed by atoms with Crippen LogP contribution in [-0.4, -0.2) is 9.97 Å². The van der Waals surface area contributed by atoms with Gasteiger partial charge in [0.1, 0.15) is 5.01 Å². The van der Waals surface area contributed by atoms with E-state index in [4.69, 9.17) is 0 Å². The molecule has 2 nitrogen and oxygen atoms in total. The van der Waals surface area contributed by atoms with Crippen molar-refractivity contribution in [3.05, 3.63) is 47.8 Å². The molecule has 0 radical (unpaired) electrons. The average molecular weight is 256 g/mol. The van der Waals surface area contributed by atoms with Crippen LogP contribution in [0.25, 0.3) is 22.7 Å². The number of pyridine rings is 1. The van der Waals surface area contributed by atoms with Gasteiger partial charge in [-0.05, 0) is 30.7 Å². The standard InChI is InChI=1S/C15H16N2S/c1-4-7-12-9-8-11(10-16-12)15-17-13(5-2)14(6-3)18-15/h5-6,8-10H,2-4,7H2,1H3. The molecule has 0 fully saturated rings. The molecule has 18 heavy (non-hydrogen) atoms. The van der Waals surface area contributed by atoms with Crippen molar-refractivity contribution < 1.29 is 0 Å². The lowest BCUT2D eigenvalue weighted by atomic mass is 10.2. The number of hydrogen-bond donors (Lipinski definition) is 0. The molecule has 2 heterocycles. The minimum Gasteiger partial charge on any atom is -0.261 e. The molecule has 0 unspecified atom stereocenters. The van der Waals surface area contributed by atoms with Gasteiger partial charge in [-0.2, -0.15) is 0 Å². The maximum absolute atomic E-state index is 4.53. The van der Waals surface area contributed by atoms with Crippen LogP contribution >= 0.6 is 11.3 Å². The molecular formula is C15H16N2S. The molecule has 2 aromatic heterocycles. The summed E-state index contributed by atoms with van der Waals surface area (Å²) in [6, 6.07) is 4.15. The third-order valence-corrected chi connectivity index (χ3v) is 3.75. The van der Waals surface area contributed by atoms with E-state index in [-0.39, 0.29) is 0 Å². The van der Waals surface area contributed by atoms with Gasteiger partial charge in [-0.25, -0.2) is 4.98 Å². The van der Waals surface area contributed by atoms with Gasteiger partial charge in [-0.1, -0.05) is 26.5 Å². The van der Waals surface area contributed by atoms with Crippen LogP contribution in [-0.2, 0) is 6.42 Å². The van der Waals surface area contributed by atoms with Crippen molar-refractivity contribution in [2.75, 3.05) is 0 Å². The van der Waals surface area contributed by atoms with E-state index in [2.05, 4.69) is 42.2 Å². The van der Waals surface area contributed by atoms with Gasteiger partial charge in [0.05, 0.1) is 10.6 Å². The van der Waals surface area contributed by atoms with Crippen LogP contribution in [0.5, 0.6) is 0 Å². The second-order valence-electron chi connectivity index (χ2n) is 3.96. The van der Waals surface area contributed by atoms with E-state index >= 15 is 0 Å². The fourth-order valence-corrected chi connectivity index (χ4v) is 2.62. The van der Waals surface area contributed by atoms with E-state index < -0.39 is 0 Å². The normalized spacial score (nSPS) is 10.3. The second kappa shape index (κ2) is 5.74. The first-order valence-electron chi connectivity index (χ1n) is 5.99. The monoisotopic (exact) mass is 256 g/mol. The molecule has 0 N–H and O–H groups in total. The molecule has 2 aromatic rings. The Labute approximate surface area is 112 Å². The summed E-state index contributed by atoms with van der Waals surface area (Å²) in [6.45, 7) is 9.71. The Morgan fingerprint density at radius 2 is 2.11 bits per heavy atom. The van der Waals surface area contributed by atoms with Gasteiger partial charge < -0.3 is 0 Å². The van der Waals surface area contributed by atoms with E-state index in [0.29, 0.717) is 0 Å². The van der Waals surface area contributed by atoms with Gasteiger partial charge in [0.25, 0.3) is 0 Å². The van der Waals surface area contributed by atoms with Crippen LogP contribution in [0.2, 0.25) is 0 Å². The van der Waals surface area contributed by atoms with Crippen LogP contribution in [0.1, 0.15) is 29.6 Å². The van der Waals surface area contributed by atoms with Gasteiger partial charge in [-0.15, -0.1) is 11.3 Å². The van der Waals surface area contributed by atoms with Gasteiger partial charge >= 0.3 is 0 Å². The van der Waals surface area contributed by atoms with Crippen LogP contribution in [0.15, 0.2) is 31.5 Å². The Balaban J connectivity index is 2.33. The highest BCUT2D eigenvalue weighted by Crippen LogP contribution is 2.29. The number of hydrogen-bond acceptors (Lipinski definition) is 3. The Bertz CT molecular complexity index is 527. The molecule has 92 valence electrons. The molecule has 0 saturated heterocycles. The summed E-state index contributed by atoms with van der Waals surface area (Å²) >= 11 is 1.62. The van der Waals surface area contributed by atoms with Gasteiger partial charge in [0, 0.05) is 17.5 Å². The van der Waals surface area contributed by atoms with E-state index in [1.807, 2.05) is 12.3 Å². The molecule has 3 heteroatoms. The molecule has 0 aliphatic carbocycles. The van der Waals surface area contributed by atoms with Crippen molar-refractivity contribution in [2.45, 2.75) is 19.8 Å². The first-order valence-corrected chi connectivity index (χ1v) is 6.81. The zero-order valence-electron chi connectivity index (χ0n) is 10.5. The molecule has 0 bridgehead atoms. The highest BCUT2D eigenvalue weighted by molar-refractivity contribution is 7.16. The summed E-state index contributed by atoms with van der Waals surface area (Å²) in [7, 11) is 0. The minimum atomic E-state index is 0.891. The van der Waals surface area contributed by atoms with E-state index in [1.54, 1.807) is 17.4 Å². The number of rotatable bonds is 5. The van der Waals surface area contributed by atoms with Crippen molar-refractivity contribution in [1.82, 2.24) is 9.97 Å². The maximum atomic E-state index is 4.53. The lowest BCUT2D eigenvalue weighted by Gasteiger charge is -1.99. The zero-order valence-corrected chi connectivity index (χ0v) is 11.3. The first-order chi connectivity index (χ1) is 8.78. The van der Waals surface area contributed by atoms with Crippen molar-refractivity contribution in [3.63, 3.8) is 0 Å². The Hall–Kier alpha value is -1.74. The summed E-state index contributed by atoms with van der Waals surface area (Å²) in [6.07, 6.45) is 7.61. The lowest BCUT2D eigenvalue weighted by molar-refractivity contribution is 0.883. The van der Waals surface area contributed by atoms with Crippen LogP contribution in [0.3, 0.4) is 0 Å². The summed E-state index contributed by atoms with van der Waals surface area (Å²) in [5, 5.41) is 0.968. The maximum Gasteiger partial charge on any atom is 0.126 e. The second-order valence-corrected chi connectivity index (χ2v) is 5.00. The van der Waals surface area contributed by atoms with Crippen LogP contribution in [0.4, 0.5) is 0 Å². The largest absolute Gasteiger partial charge is 0.261 e. The first kappa shape index (κ1) is 12.7. The van der Waals surface area contributed by atoms with E-state index in [0.717, 1.165) is 39.7 Å². The molecule has 0 aliphatic rings. The van der Waals surface area contributed by atoms with Gasteiger partial charge in [0.2, 0.25) is 0 Å². The number of aromatic nitrogens is 2. The van der Waals surface area contributed by atoms with Crippen molar-refractivity contribution in [2.24, 2.45) is 0 Å². The predicted molar refractivity (Wildman–Crippen MR) is 79.5 cm³/mol. The third-order valence-electron chi connectivity index (χ3n) is 2.64. The van der Waals surface area contributed by atoms with Gasteiger partial charge in [0.15, 0.2) is 0 Å². The Morgan fingerprint density at radius 1 is 1.28 bits per heavy atom. The van der Waals surface area contributed by atoms with Crippen LogP contribution < -0.4 is 0 Å². The summed E-state index contributed by atoms with van der Waals surface area (Å²) in [5.41, 5.74) is 3.07. The third kappa shape index (κ3) is 2.57. The quantitative estimate of drug-likeness (QED) is 0.790. The average Bonchev–Trinajstić information content (AvgIpc) is 2.83. The predicted octanol–water partition coefficient (Wildman–Crippen LogP) is 4.44. The summed E-state index contributed by atoms with van der Waals surface area (Å²) < 4.78 is 0. The summed E-state index contributed by atoms with van der Waals surface area (Å²) in [4.78, 5) is 10.0. The molecule has 0 aliphatic heterocycles. The molecule has 0 saturated carbocycles. The van der Waals surface area contributed by atoms with Crippen LogP contribution in [0, 0.1) is 0 Å². The SMILES string of the molecule is C=Cc1nc(-c2ccc(CCC)nc2)sc1C=C. The van der Waals surface area contributed by atoms with E-state index in [1.165, 1.54) is 0 Å². The minimum absolute atomic E-state index is 0.891. The lowest BCUT2D eigenvalue weighted by Crippen LogP contribution is -1.88. The zero-order chi connectivity index (χ0) is 13.0. The highest BCUT2D eigenvalue weighted by Gasteiger charge is 2.08. The van der Waals surface area contributed by atoms with Crippen molar-refractivity contribution >= 4 is 23.5 Å². The molecule has 0 aromatic carbocycles. The highest BCUT2D eigenvalue weighted by atomic mass is 32.1. The van der Waals surface area contributed by atoms with Crippen molar-refractivity contribution in [3.8, 4) is 10.6 Å². The number of nitrogens with zero attached hydrogens (tertiary/aromatic N) is 2. The molecule has 0 atom stereocenters. The molecule has 0 amide bonds. The molecule has 2 rings (SSSR count).